The fourth-order valence-corrected chi connectivity index (χ4v) is 3.65. The van der Waals surface area contributed by atoms with E-state index in [0.717, 1.165) is 35.4 Å². The van der Waals surface area contributed by atoms with Crippen LogP contribution in [0, 0.1) is 6.92 Å². The van der Waals surface area contributed by atoms with Gasteiger partial charge in [0.05, 0.1) is 29.5 Å². The van der Waals surface area contributed by atoms with Gasteiger partial charge in [0.25, 0.3) is 5.91 Å². The lowest BCUT2D eigenvalue weighted by Crippen LogP contribution is -2.41. The summed E-state index contributed by atoms with van der Waals surface area (Å²) in [5, 5.41) is 4.47. The maximum atomic E-state index is 12.7. The molecule has 4 rings (SSSR count). The Balaban J connectivity index is 1.42. The summed E-state index contributed by atoms with van der Waals surface area (Å²) >= 11 is 6.02. The molecule has 0 bridgehead atoms. The highest BCUT2D eigenvalue weighted by Crippen LogP contribution is 2.21. The Morgan fingerprint density at radius 1 is 1.31 bits per heavy atom. The summed E-state index contributed by atoms with van der Waals surface area (Å²) in [5.74, 6) is 0.779. The molecule has 1 amide bonds. The lowest BCUT2D eigenvalue weighted by atomic mass is 10.1. The van der Waals surface area contributed by atoms with Crippen molar-refractivity contribution in [2.45, 2.75) is 26.5 Å². The number of carbonyl (C=O) groups excluding carboxylic acids is 1. The van der Waals surface area contributed by atoms with Gasteiger partial charge in [-0.2, -0.15) is 0 Å². The highest BCUT2D eigenvalue weighted by Gasteiger charge is 2.18. The van der Waals surface area contributed by atoms with Crippen molar-refractivity contribution < 1.29 is 9.53 Å². The molecule has 0 aliphatic carbocycles. The Kier molecular flexibility index (Phi) is 5.65. The second kappa shape index (κ2) is 8.35. The maximum absolute atomic E-state index is 12.7. The number of nitrogens with zero attached hydrogens (tertiary/aromatic N) is 3. The lowest BCUT2D eigenvalue weighted by Gasteiger charge is -2.32. The van der Waals surface area contributed by atoms with E-state index in [1.807, 2.05) is 37.4 Å². The summed E-state index contributed by atoms with van der Waals surface area (Å²) in [7, 11) is 0. The van der Waals surface area contributed by atoms with Gasteiger partial charge in [-0.05, 0) is 43.7 Å². The first-order chi connectivity index (χ1) is 14.0. The molecule has 150 valence electrons. The van der Waals surface area contributed by atoms with Gasteiger partial charge in [0.1, 0.15) is 5.82 Å². The zero-order chi connectivity index (χ0) is 20.4. The lowest BCUT2D eigenvalue weighted by molar-refractivity contribution is 0.0529. The van der Waals surface area contributed by atoms with Gasteiger partial charge in [-0.15, -0.1) is 0 Å². The van der Waals surface area contributed by atoms with Gasteiger partial charge >= 0.3 is 0 Å². The number of halogens is 1. The van der Waals surface area contributed by atoms with E-state index in [9.17, 15) is 4.79 Å². The predicted octanol–water partition coefficient (Wildman–Crippen LogP) is 3.75. The van der Waals surface area contributed by atoms with Crippen molar-refractivity contribution in [3.05, 3.63) is 64.4 Å². The molecule has 0 radical (unpaired) electrons. The van der Waals surface area contributed by atoms with Crippen molar-refractivity contribution in [2.24, 2.45) is 0 Å². The van der Waals surface area contributed by atoms with Crippen LogP contribution >= 0.6 is 11.6 Å². The molecule has 0 unspecified atom stereocenters. The highest BCUT2D eigenvalue weighted by molar-refractivity contribution is 6.31. The summed E-state index contributed by atoms with van der Waals surface area (Å²) < 4.78 is 5.57. The summed E-state index contributed by atoms with van der Waals surface area (Å²) in [4.78, 5) is 24.0. The highest BCUT2D eigenvalue weighted by atomic mass is 35.5. The number of anilines is 1. The van der Waals surface area contributed by atoms with Crippen LogP contribution in [0.3, 0.4) is 0 Å². The smallest absolute Gasteiger partial charge is 0.253 e. The summed E-state index contributed by atoms with van der Waals surface area (Å²) in [6.07, 6.45) is 2.02. The molecule has 6 nitrogen and oxygen atoms in total. The minimum absolute atomic E-state index is 0.155. The topological polar surface area (TPSA) is 67.4 Å². The number of fused-ring (bicyclic) bond motifs is 1. The first-order valence-corrected chi connectivity index (χ1v) is 10.0. The number of hydrogen-bond acceptors (Lipinski definition) is 5. The van der Waals surface area contributed by atoms with Crippen LogP contribution in [0.4, 0.5) is 5.82 Å². The fraction of sp³-hybridized carbons (Fsp3) is 0.318. The van der Waals surface area contributed by atoms with Gasteiger partial charge in [-0.1, -0.05) is 23.7 Å². The molecular formula is C22H23ClN4O2. The van der Waals surface area contributed by atoms with E-state index in [1.165, 1.54) is 0 Å². The summed E-state index contributed by atoms with van der Waals surface area (Å²) in [6, 6.07) is 11.3. The molecule has 3 heterocycles. The monoisotopic (exact) mass is 410 g/mol. The summed E-state index contributed by atoms with van der Waals surface area (Å²) in [5.41, 5.74) is 2.96. The van der Waals surface area contributed by atoms with Gasteiger partial charge in [0.2, 0.25) is 0 Å². The van der Waals surface area contributed by atoms with E-state index in [0.29, 0.717) is 29.4 Å². The van der Waals surface area contributed by atoms with Gasteiger partial charge in [0.15, 0.2) is 0 Å². The SMILES string of the molecule is Cc1nc2cc(Cl)ccc2cc1C(=O)NCc1ccc(N2CCO[C@@H](C)C2)nc1. The number of morpholine rings is 1. The number of pyridine rings is 2. The number of carbonyl (C=O) groups is 1. The molecule has 29 heavy (non-hydrogen) atoms. The van der Waals surface area contributed by atoms with Crippen molar-refractivity contribution in [3.8, 4) is 0 Å². The van der Waals surface area contributed by atoms with Gasteiger partial charge < -0.3 is 15.0 Å². The normalized spacial score (nSPS) is 16.8. The van der Waals surface area contributed by atoms with Crippen LogP contribution in [-0.2, 0) is 11.3 Å². The van der Waals surface area contributed by atoms with Crippen LogP contribution in [0.5, 0.6) is 0 Å². The minimum Gasteiger partial charge on any atom is -0.375 e. The van der Waals surface area contributed by atoms with E-state index >= 15 is 0 Å². The third-order valence-electron chi connectivity index (χ3n) is 5.04. The van der Waals surface area contributed by atoms with Crippen molar-refractivity contribution >= 4 is 34.2 Å². The molecule has 1 atom stereocenters. The number of aryl methyl sites for hydroxylation is 1. The Hall–Kier alpha value is -2.70. The van der Waals surface area contributed by atoms with Gasteiger partial charge in [0, 0.05) is 36.2 Å². The number of nitrogens with one attached hydrogen (secondary N) is 1. The Morgan fingerprint density at radius 2 is 2.17 bits per heavy atom. The molecule has 0 spiro atoms. The number of hydrogen-bond donors (Lipinski definition) is 1. The van der Waals surface area contributed by atoms with Crippen molar-refractivity contribution in [3.63, 3.8) is 0 Å². The number of rotatable bonds is 4. The summed E-state index contributed by atoms with van der Waals surface area (Å²) in [6.45, 7) is 6.69. The van der Waals surface area contributed by atoms with Crippen molar-refractivity contribution in [2.75, 3.05) is 24.6 Å². The fourth-order valence-electron chi connectivity index (χ4n) is 3.48. The van der Waals surface area contributed by atoms with Crippen LogP contribution in [0.25, 0.3) is 10.9 Å². The minimum atomic E-state index is -0.155. The van der Waals surface area contributed by atoms with Crippen molar-refractivity contribution in [1.82, 2.24) is 15.3 Å². The van der Waals surface area contributed by atoms with E-state index in [-0.39, 0.29) is 12.0 Å². The molecule has 3 aromatic rings. The molecule has 1 aliphatic rings. The molecule has 1 aromatic carbocycles. The van der Waals surface area contributed by atoms with Crippen molar-refractivity contribution in [1.29, 1.82) is 0 Å². The van der Waals surface area contributed by atoms with E-state index in [2.05, 4.69) is 27.1 Å². The first kappa shape index (κ1) is 19.6. The van der Waals surface area contributed by atoms with E-state index in [1.54, 1.807) is 12.1 Å². The zero-order valence-corrected chi connectivity index (χ0v) is 17.2. The quantitative estimate of drug-likeness (QED) is 0.709. The van der Waals surface area contributed by atoms with Crippen LogP contribution in [-0.4, -0.2) is 41.7 Å². The number of ether oxygens (including phenoxy) is 1. The van der Waals surface area contributed by atoms with E-state index in [4.69, 9.17) is 16.3 Å². The van der Waals surface area contributed by atoms with Crippen LogP contribution < -0.4 is 10.2 Å². The molecule has 1 saturated heterocycles. The second-order valence-electron chi connectivity index (χ2n) is 7.29. The van der Waals surface area contributed by atoms with Crippen LogP contribution in [0.1, 0.15) is 28.5 Å². The third-order valence-corrected chi connectivity index (χ3v) is 5.28. The molecular weight excluding hydrogens is 388 g/mol. The molecule has 1 N–H and O–H groups in total. The molecule has 1 aliphatic heterocycles. The standard InChI is InChI=1S/C22H23ClN4O2/c1-14-13-27(7-8-29-14)21-6-3-16(11-24-21)12-25-22(28)19-9-17-4-5-18(23)10-20(17)26-15(19)2/h3-6,9-11,14H,7-8,12-13H2,1-2H3,(H,25,28)/t14-/m0/s1. The zero-order valence-electron chi connectivity index (χ0n) is 16.5. The molecule has 7 heteroatoms. The second-order valence-corrected chi connectivity index (χ2v) is 7.73. The van der Waals surface area contributed by atoms with Gasteiger partial charge in [-0.25, -0.2) is 4.98 Å². The van der Waals surface area contributed by atoms with Crippen LogP contribution in [0.2, 0.25) is 5.02 Å². The number of benzene rings is 1. The number of amides is 1. The first-order valence-electron chi connectivity index (χ1n) is 9.66. The Morgan fingerprint density at radius 3 is 2.93 bits per heavy atom. The Labute approximate surface area is 174 Å². The third kappa shape index (κ3) is 4.49. The van der Waals surface area contributed by atoms with E-state index < -0.39 is 0 Å². The Bertz CT molecular complexity index is 1040. The number of aromatic nitrogens is 2. The van der Waals surface area contributed by atoms with Crippen LogP contribution in [0.15, 0.2) is 42.6 Å². The largest absolute Gasteiger partial charge is 0.375 e. The average molecular weight is 411 g/mol. The van der Waals surface area contributed by atoms with Gasteiger partial charge in [-0.3, -0.25) is 9.78 Å². The molecule has 1 fully saturated rings. The average Bonchev–Trinajstić information content (AvgIpc) is 2.72. The predicted molar refractivity (Wildman–Crippen MR) is 115 cm³/mol. The maximum Gasteiger partial charge on any atom is 0.253 e. The molecule has 0 saturated carbocycles. The molecule has 2 aromatic heterocycles.